The number of ether oxygens (including phenoxy) is 1. The quantitative estimate of drug-likeness (QED) is 0.163. The average molecular weight is 560 g/mol. The lowest BCUT2D eigenvalue weighted by atomic mass is 10.1. The molecule has 1 aliphatic heterocycles. The molecule has 4 aromatic rings. The Labute approximate surface area is 237 Å². The van der Waals surface area contributed by atoms with Crippen LogP contribution in [0.25, 0.3) is 23.0 Å². The van der Waals surface area contributed by atoms with Gasteiger partial charge in [0, 0.05) is 28.4 Å². The van der Waals surface area contributed by atoms with Gasteiger partial charge in [-0.3, -0.25) is 9.69 Å². The van der Waals surface area contributed by atoms with Crippen molar-refractivity contribution >= 4 is 51.9 Å². The second-order valence-electron chi connectivity index (χ2n) is 8.96. The Bertz CT molecular complexity index is 1480. The third-order valence-electron chi connectivity index (χ3n) is 6.35. The minimum absolute atomic E-state index is 0.0559. The van der Waals surface area contributed by atoms with Crippen molar-refractivity contribution < 1.29 is 9.53 Å². The summed E-state index contributed by atoms with van der Waals surface area (Å²) in [5.41, 5.74) is 4.50. The summed E-state index contributed by atoms with van der Waals surface area (Å²) >= 11 is 12.8. The lowest BCUT2D eigenvalue weighted by Gasteiger charge is -2.21. The van der Waals surface area contributed by atoms with Crippen molar-refractivity contribution in [3.63, 3.8) is 0 Å². The zero-order valence-corrected chi connectivity index (χ0v) is 23.4. The molecule has 0 radical (unpaired) electrons. The van der Waals surface area contributed by atoms with Crippen LogP contribution in [-0.4, -0.2) is 30.9 Å². The highest BCUT2D eigenvalue weighted by atomic mass is 35.5. The average Bonchev–Trinajstić information content (AvgIpc) is 3.49. The maximum absolute atomic E-state index is 13.2. The van der Waals surface area contributed by atoms with Crippen LogP contribution in [0.15, 0.2) is 90.0 Å². The van der Waals surface area contributed by atoms with E-state index in [0.717, 1.165) is 40.2 Å². The zero-order chi connectivity index (χ0) is 26.6. The van der Waals surface area contributed by atoms with Crippen molar-refractivity contribution in [2.24, 2.45) is 0 Å². The molecule has 192 valence electrons. The predicted octanol–water partition coefficient (Wildman–Crippen LogP) is 7.77. The molecule has 0 saturated carbocycles. The van der Waals surface area contributed by atoms with E-state index in [4.69, 9.17) is 33.7 Å². The molecule has 1 saturated heterocycles. The van der Waals surface area contributed by atoms with Crippen molar-refractivity contribution in [1.82, 2.24) is 14.7 Å². The molecule has 1 atom stereocenters. The second kappa shape index (κ2) is 11.6. The van der Waals surface area contributed by atoms with E-state index in [2.05, 4.69) is 6.92 Å². The molecule has 0 aliphatic carbocycles. The van der Waals surface area contributed by atoms with Crippen LogP contribution in [0.5, 0.6) is 5.75 Å². The molecular formula is C30H26ClN3O2S2. The van der Waals surface area contributed by atoms with Gasteiger partial charge in [-0.25, -0.2) is 4.68 Å². The van der Waals surface area contributed by atoms with Gasteiger partial charge in [-0.2, -0.15) is 5.10 Å². The van der Waals surface area contributed by atoms with E-state index < -0.39 is 0 Å². The van der Waals surface area contributed by atoms with Gasteiger partial charge < -0.3 is 4.74 Å². The summed E-state index contributed by atoms with van der Waals surface area (Å²) in [5, 5.41) is 5.59. The third kappa shape index (κ3) is 5.70. The molecule has 8 heteroatoms. The van der Waals surface area contributed by atoms with Crippen LogP contribution in [0, 0.1) is 0 Å². The fourth-order valence-electron chi connectivity index (χ4n) is 4.07. The third-order valence-corrected chi connectivity index (χ3v) is 7.93. The maximum atomic E-state index is 13.2. The van der Waals surface area contributed by atoms with Gasteiger partial charge in [0.05, 0.1) is 16.3 Å². The number of amides is 1. The van der Waals surface area contributed by atoms with Crippen LogP contribution < -0.4 is 4.74 Å². The highest BCUT2D eigenvalue weighted by molar-refractivity contribution is 8.26. The fourth-order valence-corrected chi connectivity index (χ4v) is 5.65. The monoisotopic (exact) mass is 559 g/mol. The van der Waals surface area contributed by atoms with Crippen LogP contribution in [-0.2, 0) is 11.4 Å². The zero-order valence-electron chi connectivity index (χ0n) is 21.0. The maximum Gasteiger partial charge on any atom is 0.266 e. The Kier molecular flexibility index (Phi) is 7.98. The van der Waals surface area contributed by atoms with E-state index in [9.17, 15) is 4.79 Å². The Morgan fingerprint density at radius 3 is 2.45 bits per heavy atom. The number of benzene rings is 3. The molecule has 1 aromatic heterocycles. The first-order valence-corrected chi connectivity index (χ1v) is 13.9. The molecule has 38 heavy (non-hydrogen) atoms. The summed E-state index contributed by atoms with van der Waals surface area (Å²) < 4.78 is 8.38. The SMILES string of the molecule is CC[C@H](C)N1C(=O)/C(=C/c2cn(-c3ccccc3)nc2-c2ccc(OCc3ccc(Cl)cc3)cc2)SC1=S. The van der Waals surface area contributed by atoms with E-state index in [1.165, 1.54) is 11.8 Å². The molecular weight excluding hydrogens is 534 g/mol. The topological polar surface area (TPSA) is 47.4 Å². The molecule has 1 fully saturated rings. The summed E-state index contributed by atoms with van der Waals surface area (Å²) in [6, 6.07) is 25.4. The number of thioether (sulfide) groups is 1. The Hall–Kier alpha value is -3.39. The number of rotatable bonds is 8. The summed E-state index contributed by atoms with van der Waals surface area (Å²) in [7, 11) is 0. The van der Waals surface area contributed by atoms with Crippen LogP contribution in [0.4, 0.5) is 0 Å². The number of thiocarbonyl (C=S) groups is 1. The van der Waals surface area contributed by atoms with Gasteiger partial charge in [-0.05, 0) is 73.5 Å². The smallest absolute Gasteiger partial charge is 0.266 e. The number of nitrogens with zero attached hydrogens (tertiary/aromatic N) is 3. The molecule has 0 N–H and O–H groups in total. The van der Waals surface area contributed by atoms with Crippen LogP contribution >= 0.6 is 35.6 Å². The number of carbonyl (C=O) groups is 1. The highest BCUT2D eigenvalue weighted by Gasteiger charge is 2.35. The van der Waals surface area contributed by atoms with Crippen molar-refractivity contribution in [1.29, 1.82) is 0 Å². The van der Waals surface area contributed by atoms with E-state index in [-0.39, 0.29) is 11.9 Å². The number of carbonyl (C=O) groups excluding carboxylic acids is 1. The summed E-state index contributed by atoms with van der Waals surface area (Å²) in [5.74, 6) is 0.695. The lowest BCUT2D eigenvalue weighted by Crippen LogP contribution is -2.36. The van der Waals surface area contributed by atoms with Crippen LogP contribution in [0.3, 0.4) is 0 Å². The number of para-hydroxylation sites is 1. The van der Waals surface area contributed by atoms with Crippen molar-refractivity contribution in [2.75, 3.05) is 0 Å². The van der Waals surface area contributed by atoms with Crippen LogP contribution in [0.1, 0.15) is 31.4 Å². The molecule has 5 nitrogen and oxygen atoms in total. The van der Waals surface area contributed by atoms with E-state index in [1.807, 2.05) is 103 Å². The molecule has 0 bridgehead atoms. The summed E-state index contributed by atoms with van der Waals surface area (Å²) in [6.07, 6.45) is 4.68. The standard InChI is InChI=1S/C30H26ClN3O2S2/c1-3-20(2)34-29(35)27(38-30(34)37)17-23-18-33(25-7-5-4-6-8-25)32-28(23)22-11-15-26(16-12-22)36-19-21-9-13-24(31)14-10-21/h4-18,20H,3,19H2,1-2H3/b27-17-/t20-/m0/s1. The molecule has 0 spiro atoms. The van der Waals surface area contributed by atoms with E-state index >= 15 is 0 Å². The van der Waals surface area contributed by atoms with Gasteiger partial charge in [0.1, 0.15) is 16.7 Å². The Morgan fingerprint density at radius 1 is 1.05 bits per heavy atom. The minimum Gasteiger partial charge on any atom is -0.489 e. The number of halogens is 1. The molecule has 1 aliphatic rings. The Morgan fingerprint density at radius 2 is 1.76 bits per heavy atom. The second-order valence-corrected chi connectivity index (χ2v) is 11.1. The fraction of sp³-hybridized carbons (Fsp3) is 0.167. The van der Waals surface area contributed by atoms with Gasteiger partial charge in [-0.1, -0.05) is 72.8 Å². The van der Waals surface area contributed by atoms with Crippen LogP contribution in [0.2, 0.25) is 5.02 Å². The minimum atomic E-state index is -0.0568. The summed E-state index contributed by atoms with van der Waals surface area (Å²) in [4.78, 5) is 15.5. The molecule has 0 unspecified atom stereocenters. The van der Waals surface area contributed by atoms with E-state index in [1.54, 1.807) is 4.90 Å². The summed E-state index contributed by atoms with van der Waals surface area (Å²) in [6.45, 7) is 4.52. The van der Waals surface area contributed by atoms with Gasteiger partial charge in [0.25, 0.3) is 5.91 Å². The Balaban J connectivity index is 1.45. The first-order chi connectivity index (χ1) is 18.4. The molecule has 1 amide bonds. The van der Waals surface area contributed by atoms with Crippen molar-refractivity contribution in [3.8, 4) is 22.7 Å². The first kappa shape index (κ1) is 26.2. The van der Waals surface area contributed by atoms with Gasteiger partial charge >= 0.3 is 0 Å². The van der Waals surface area contributed by atoms with E-state index in [0.29, 0.717) is 20.9 Å². The lowest BCUT2D eigenvalue weighted by molar-refractivity contribution is -0.123. The molecule has 2 heterocycles. The predicted molar refractivity (Wildman–Crippen MR) is 160 cm³/mol. The first-order valence-electron chi connectivity index (χ1n) is 12.3. The molecule has 5 rings (SSSR count). The highest BCUT2D eigenvalue weighted by Crippen LogP contribution is 2.36. The van der Waals surface area contributed by atoms with Crippen molar-refractivity contribution in [2.45, 2.75) is 32.9 Å². The van der Waals surface area contributed by atoms with Gasteiger partial charge in [-0.15, -0.1) is 0 Å². The van der Waals surface area contributed by atoms with Gasteiger partial charge in [0.15, 0.2) is 0 Å². The molecule has 3 aromatic carbocycles. The number of hydrogen-bond donors (Lipinski definition) is 0. The normalized spacial score (nSPS) is 15.3. The van der Waals surface area contributed by atoms with Crippen molar-refractivity contribution in [3.05, 3.63) is 106 Å². The number of aromatic nitrogens is 2. The number of hydrogen-bond acceptors (Lipinski definition) is 5. The van der Waals surface area contributed by atoms with Gasteiger partial charge in [0.2, 0.25) is 0 Å². The largest absolute Gasteiger partial charge is 0.489 e.